The molecule has 78 valence electrons. The summed E-state index contributed by atoms with van der Waals surface area (Å²) in [7, 11) is 0. The standard InChI is InChI=1S/C10H12N4O/c1-7-8(6-12)2-3-9(14-7)10(15)13-5-4-11/h2-3H,4-5,11H2,1H3,(H,13,15). The lowest BCUT2D eigenvalue weighted by molar-refractivity contribution is 0.0949. The zero-order valence-electron chi connectivity index (χ0n) is 8.45. The van der Waals surface area contributed by atoms with Crippen molar-refractivity contribution < 1.29 is 4.79 Å². The topological polar surface area (TPSA) is 91.8 Å². The molecule has 0 aliphatic rings. The number of hydrogen-bond acceptors (Lipinski definition) is 4. The number of aromatic nitrogens is 1. The highest BCUT2D eigenvalue weighted by Crippen LogP contribution is 2.04. The van der Waals surface area contributed by atoms with Gasteiger partial charge < -0.3 is 11.1 Å². The van der Waals surface area contributed by atoms with Gasteiger partial charge in [0.2, 0.25) is 0 Å². The third-order valence-electron chi connectivity index (χ3n) is 1.87. The highest BCUT2D eigenvalue weighted by molar-refractivity contribution is 5.92. The summed E-state index contributed by atoms with van der Waals surface area (Å²) in [6.07, 6.45) is 0. The molecule has 1 aromatic heterocycles. The Hall–Kier alpha value is -1.93. The number of nitriles is 1. The third-order valence-corrected chi connectivity index (χ3v) is 1.87. The molecular formula is C10H12N4O. The van der Waals surface area contributed by atoms with Crippen LogP contribution in [-0.2, 0) is 0 Å². The number of carbonyl (C=O) groups excluding carboxylic acids is 1. The Bertz CT molecular complexity index is 408. The van der Waals surface area contributed by atoms with E-state index in [0.717, 1.165) is 0 Å². The number of pyridine rings is 1. The van der Waals surface area contributed by atoms with Crippen LogP contribution in [0.3, 0.4) is 0 Å². The average Bonchev–Trinajstić information content (AvgIpc) is 2.25. The van der Waals surface area contributed by atoms with Crippen molar-refractivity contribution >= 4 is 5.91 Å². The number of carbonyl (C=O) groups is 1. The van der Waals surface area contributed by atoms with Gasteiger partial charge in [-0.25, -0.2) is 4.98 Å². The van der Waals surface area contributed by atoms with Gasteiger partial charge in [-0.15, -0.1) is 0 Å². The molecule has 0 spiro atoms. The van der Waals surface area contributed by atoms with Gasteiger partial charge >= 0.3 is 0 Å². The number of nitrogens with zero attached hydrogens (tertiary/aromatic N) is 2. The van der Waals surface area contributed by atoms with Crippen LogP contribution in [0.4, 0.5) is 0 Å². The lowest BCUT2D eigenvalue weighted by Gasteiger charge is -2.03. The molecule has 0 unspecified atom stereocenters. The fraction of sp³-hybridized carbons (Fsp3) is 0.300. The predicted molar refractivity (Wildman–Crippen MR) is 55.1 cm³/mol. The monoisotopic (exact) mass is 204 g/mol. The van der Waals surface area contributed by atoms with E-state index in [1.54, 1.807) is 13.0 Å². The third kappa shape index (κ3) is 2.76. The fourth-order valence-electron chi connectivity index (χ4n) is 1.08. The van der Waals surface area contributed by atoms with Crippen molar-refractivity contribution in [2.75, 3.05) is 13.1 Å². The van der Waals surface area contributed by atoms with Crippen molar-refractivity contribution in [2.24, 2.45) is 5.73 Å². The van der Waals surface area contributed by atoms with Crippen molar-refractivity contribution in [3.05, 3.63) is 29.1 Å². The highest BCUT2D eigenvalue weighted by Gasteiger charge is 2.08. The molecule has 1 aromatic rings. The molecule has 0 aliphatic heterocycles. The van der Waals surface area contributed by atoms with Gasteiger partial charge in [-0.2, -0.15) is 5.26 Å². The fourth-order valence-corrected chi connectivity index (χ4v) is 1.08. The van der Waals surface area contributed by atoms with Crippen LogP contribution >= 0.6 is 0 Å². The van der Waals surface area contributed by atoms with Gasteiger partial charge in [0.1, 0.15) is 11.8 Å². The molecule has 3 N–H and O–H groups in total. The van der Waals surface area contributed by atoms with Crippen LogP contribution in [-0.4, -0.2) is 24.0 Å². The van der Waals surface area contributed by atoms with E-state index in [9.17, 15) is 4.79 Å². The molecule has 0 bridgehead atoms. The molecular weight excluding hydrogens is 192 g/mol. The second-order valence-corrected chi connectivity index (χ2v) is 2.99. The minimum atomic E-state index is -0.270. The Morgan fingerprint density at radius 1 is 1.67 bits per heavy atom. The van der Waals surface area contributed by atoms with Crippen molar-refractivity contribution in [1.82, 2.24) is 10.3 Å². The minimum Gasteiger partial charge on any atom is -0.349 e. The molecule has 5 heteroatoms. The second kappa shape index (κ2) is 5.08. The van der Waals surface area contributed by atoms with E-state index in [4.69, 9.17) is 11.0 Å². The van der Waals surface area contributed by atoms with Crippen LogP contribution < -0.4 is 11.1 Å². The molecule has 0 radical (unpaired) electrons. The number of rotatable bonds is 3. The average molecular weight is 204 g/mol. The lowest BCUT2D eigenvalue weighted by Crippen LogP contribution is -2.29. The summed E-state index contributed by atoms with van der Waals surface area (Å²) in [6.45, 7) is 2.50. The van der Waals surface area contributed by atoms with Crippen molar-refractivity contribution in [2.45, 2.75) is 6.92 Å². The van der Waals surface area contributed by atoms with Gasteiger partial charge in [0.25, 0.3) is 5.91 Å². The number of nitrogens with two attached hydrogens (primary N) is 1. The van der Waals surface area contributed by atoms with Crippen LogP contribution in [0.1, 0.15) is 21.7 Å². The van der Waals surface area contributed by atoms with E-state index in [0.29, 0.717) is 30.0 Å². The van der Waals surface area contributed by atoms with Crippen LogP contribution in [0.15, 0.2) is 12.1 Å². The lowest BCUT2D eigenvalue weighted by atomic mass is 10.2. The molecule has 1 heterocycles. The molecule has 15 heavy (non-hydrogen) atoms. The van der Waals surface area contributed by atoms with Gasteiger partial charge in [0, 0.05) is 13.1 Å². The predicted octanol–water partition coefficient (Wildman–Crippen LogP) is -0.0498. The molecule has 0 aromatic carbocycles. The summed E-state index contributed by atoms with van der Waals surface area (Å²) >= 11 is 0. The Kier molecular flexibility index (Phi) is 3.77. The first kappa shape index (κ1) is 11.1. The summed E-state index contributed by atoms with van der Waals surface area (Å²) in [5.41, 5.74) is 6.59. The maximum Gasteiger partial charge on any atom is 0.269 e. The number of nitrogens with one attached hydrogen (secondary N) is 1. The smallest absolute Gasteiger partial charge is 0.269 e. The molecule has 5 nitrogen and oxygen atoms in total. The van der Waals surface area contributed by atoms with Crippen molar-refractivity contribution in [3.63, 3.8) is 0 Å². The zero-order chi connectivity index (χ0) is 11.3. The molecule has 0 fully saturated rings. The quantitative estimate of drug-likeness (QED) is 0.722. The van der Waals surface area contributed by atoms with Crippen LogP contribution in [0, 0.1) is 18.3 Å². The molecule has 1 rings (SSSR count). The Balaban J connectivity index is 2.84. The summed E-state index contributed by atoms with van der Waals surface area (Å²) < 4.78 is 0. The van der Waals surface area contributed by atoms with E-state index < -0.39 is 0 Å². The summed E-state index contributed by atoms with van der Waals surface area (Å²) in [5, 5.41) is 11.3. The normalized spacial score (nSPS) is 9.40. The van der Waals surface area contributed by atoms with E-state index in [1.807, 2.05) is 6.07 Å². The van der Waals surface area contributed by atoms with Crippen LogP contribution in [0.5, 0.6) is 0 Å². The van der Waals surface area contributed by atoms with E-state index >= 15 is 0 Å². The Labute approximate surface area is 87.9 Å². The Morgan fingerprint density at radius 2 is 2.40 bits per heavy atom. The van der Waals surface area contributed by atoms with E-state index in [1.165, 1.54) is 6.07 Å². The number of amides is 1. The SMILES string of the molecule is Cc1nc(C(=O)NCCN)ccc1C#N. The van der Waals surface area contributed by atoms with Crippen molar-refractivity contribution in [3.8, 4) is 6.07 Å². The van der Waals surface area contributed by atoms with Gasteiger partial charge in [0.15, 0.2) is 0 Å². The zero-order valence-corrected chi connectivity index (χ0v) is 8.45. The first-order chi connectivity index (χ1) is 7.19. The molecule has 1 amide bonds. The van der Waals surface area contributed by atoms with Crippen molar-refractivity contribution in [1.29, 1.82) is 5.26 Å². The van der Waals surface area contributed by atoms with Gasteiger partial charge in [-0.3, -0.25) is 4.79 Å². The summed E-state index contributed by atoms with van der Waals surface area (Å²) in [4.78, 5) is 15.5. The minimum absolute atomic E-state index is 0.270. The van der Waals surface area contributed by atoms with E-state index in [-0.39, 0.29) is 5.91 Å². The first-order valence-electron chi connectivity index (χ1n) is 4.55. The summed E-state index contributed by atoms with van der Waals surface area (Å²) in [6, 6.07) is 5.10. The van der Waals surface area contributed by atoms with Gasteiger partial charge in [-0.1, -0.05) is 0 Å². The maximum absolute atomic E-state index is 11.4. The highest BCUT2D eigenvalue weighted by atomic mass is 16.1. The number of aryl methyl sites for hydroxylation is 1. The van der Waals surface area contributed by atoms with Gasteiger partial charge in [-0.05, 0) is 19.1 Å². The second-order valence-electron chi connectivity index (χ2n) is 2.99. The molecule has 0 atom stereocenters. The number of hydrogen-bond donors (Lipinski definition) is 2. The molecule has 0 aliphatic carbocycles. The van der Waals surface area contributed by atoms with Gasteiger partial charge in [0.05, 0.1) is 11.3 Å². The molecule has 0 saturated carbocycles. The largest absolute Gasteiger partial charge is 0.349 e. The van der Waals surface area contributed by atoms with Crippen LogP contribution in [0.25, 0.3) is 0 Å². The maximum atomic E-state index is 11.4. The Morgan fingerprint density at radius 3 is 2.93 bits per heavy atom. The molecule has 0 saturated heterocycles. The first-order valence-corrected chi connectivity index (χ1v) is 4.55. The van der Waals surface area contributed by atoms with Crippen LogP contribution in [0.2, 0.25) is 0 Å². The van der Waals surface area contributed by atoms with E-state index in [2.05, 4.69) is 10.3 Å². The summed E-state index contributed by atoms with van der Waals surface area (Å²) in [5.74, 6) is -0.270.